The van der Waals surface area contributed by atoms with Crippen molar-refractivity contribution >= 4 is 6.09 Å². The predicted octanol–water partition coefficient (Wildman–Crippen LogP) is 0.842. The largest absolute Gasteiger partial charge is 0.445 e. The standard InChI is InChI=1S/C10H12N2O2/c13-10(12-9-6-11-9)14-7-8-4-2-1-3-5-8/h1-5,9,11H,6-7H2,(H,12,13). The molecule has 1 fully saturated rings. The first-order valence-electron chi connectivity index (χ1n) is 4.55. The first-order chi connectivity index (χ1) is 6.84. The summed E-state index contributed by atoms with van der Waals surface area (Å²) in [7, 11) is 0. The zero-order chi connectivity index (χ0) is 9.80. The van der Waals surface area contributed by atoms with Crippen LogP contribution in [0.5, 0.6) is 0 Å². The summed E-state index contributed by atoms with van der Waals surface area (Å²) in [5.41, 5.74) is 0.992. The molecule has 1 atom stereocenters. The molecule has 1 aliphatic heterocycles. The molecule has 0 aromatic heterocycles. The summed E-state index contributed by atoms with van der Waals surface area (Å²) in [6, 6.07) is 9.60. The van der Waals surface area contributed by atoms with Crippen LogP contribution in [0.2, 0.25) is 0 Å². The Labute approximate surface area is 82.3 Å². The Morgan fingerprint density at radius 3 is 2.86 bits per heavy atom. The van der Waals surface area contributed by atoms with Crippen LogP contribution in [0.25, 0.3) is 0 Å². The number of hydrogen-bond donors (Lipinski definition) is 2. The summed E-state index contributed by atoms with van der Waals surface area (Å²) in [4.78, 5) is 11.1. The Balaban J connectivity index is 1.73. The molecule has 0 aliphatic carbocycles. The van der Waals surface area contributed by atoms with Crippen molar-refractivity contribution < 1.29 is 9.53 Å². The molecule has 1 aromatic carbocycles. The third-order valence-electron chi connectivity index (χ3n) is 1.91. The van der Waals surface area contributed by atoms with Gasteiger partial charge in [0.25, 0.3) is 0 Å². The Morgan fingerprint density at radius 2 is 2.21 bits per heavy atom. The van der Waals surface area contributed by atoms with Crippen LogP contribution in [0.1, 0.15) is 5.56 Å². The van der Waals surface area contributed by atoms with Crippen molar-refractivity contribution in [2.75, 3.05) is 6.54 Å². The summed E-state index contributed by atoms with van der Waals surface area (Å²) < 4.78 is 4.99. The lowest BCUT2D eigenvalue weighted by molar-refractivity contribution is 0.139. The highest BCUT2D eigenvalue weighted by Crippen LogP contribution is 2.01. The molecule has 74 valence electrons. The maximum absolute atomic E-state index is 11.1. The van der Waals surface area contributed by atoms with E-state index in [1.807, 2.05) is 30.3 Å². The van der Waals surface area contributed by atoms with Gasteiger partial charge in [0.2, 0.25) is 0 Å². The zero-order valence-corrected chi connectivity index (χ0v) is 7.69. The highest BCUT2D eigenvalue weighted by atomic mass is 16.5. The Morgan fingerprint density at radius 1 is 1.50 bits per heavy atom. The van der Waals surface area contributed by atoms with Gasteiger partial charge in [-0.05, 0) is 5.56 Å². The van der Waals surface area contributed by atoms with E-state index in [9.17, 15) is 4.79 Å². The number of hydrogen-bond acceptors (Lipinski definition) is 3. The molecule has 1 amide bonds. The summed E-state index contributed by atoms with van der Waals surface area (Å²) in [5.74, 6) is 0. The lowest BCUT2D eigenvalue weighted by Gasteiger charge is -2.04. The lowest BCUT2D eigenvalue weighted by atomic mass is 10.2. The fourth-order valence-electron chi connectivity index (χ4n) is 1.07. The summed E-state index contributed by atoms with van der Waals surface area (Å²) in [6.45, 7) is 1.15. The average molecular weight is 192 g/mol. The van der Waals surface area contributed by atoms with Crippen LogP contribution >= 0.6 is 0 Å². The number of benzene rings is 1. The maximum atomic E-state index is 11.1. The van der Waals surface area contributed by atoms with E-state index in [1.165, 1.54) is 0 Å². The van der Waals surface area contributed by atoms with Gasteiger partial charge in [0, 0.05) is 6.54 Å². The van der Waals surface area contributed by atoms with Gasteiger partial charge in [0.1, 0.15) is 6.61 Å². The van der Waals surface area contributed by atoms with Crippen LogP contribution in [-0.2, 0) is 11.3 Å². The number of nitrogens with one attached hydrogen (secondary N) is 2. The molecule has 1 saturated heterocycles. The van der Waals surface area contributed by atoms with E-state index in [4.69, 9.17) is 4.74 Å². The zero-order valence-electron chi connectivity index (χ0n) is 7.69. The predicted molar refractivity (Wildman–Crippen MR) is 51.6 cm³/mol. The van der Waals surface area contributed by atoms with Crippen LogP contribution in [-0.4, -0.2) is 18.8 Å². The molecule has 0 bridgehead atoms. The molecule has 0 spiro atoms. The molecule has 1 heterocycles. The van der Waals surface area contributed by atoms with Crippen molar-refractivity contribution in [1.29, 1.82) is 0 Å². The quantitative estimate of drug-likeness (QED) is 0.698. The summed E-state index contributed by atoms with van der Waals surface area (Å²) in [5, 5.41) is 5.60. The fourth-order valence-corrected chi connectivity index (χ4v) is 1.07. The second-order valence-electron chi connectivity index (χ2n) is 3.17. The SMILES string of the molecule is O=C(NC1CN1)OCc1ccccc1. The number of ether oxygens (including phenoxy) is 1. The molecule has 4 nitrogen and oxygen atoms in total. The molecule has 4 heteroatoms. The number of amides is 1. The first kappa shape index (κ1) is 9.02. The van der Waals surface area contributed by atoms with E-state index < -0.39 is 0 Å². The minimum absolute atomic E-state index is 0.110. The molecule has 2 rings (SSSR count). The molecule has 2 N–H and O–H groups in total. The average Bonchev–Trinajstić information content (AvgIpc) is 3.00. The second kappa shape index (κ2) is 4.11. The highest BCUT2D eigenvalue weighted by Gasteiger charge is 2.22. The van der Waals surface area contributed by atoms with Gasteiger partial charge in [0.05, 0.1) is 6.17 Å². The number of rotatable bonds is 3. The van der Waals surface area contributed by atoms with E-state index in [2.05, 4.69) is 10.6 Å². The number of carbonyl (C=O) groups excluding carboxylic acids is 1. The van der Waals surface area contributed by atoms with Gasteiger partial charge < -0.3 is 10.1 Å². The van der Waals surface area contributed by atoms with Gasteiger partial charge in [-0.1, -0.05) is 30.3 Å². The van der Waals surface area contributed by atoms with Crippen molar-refractivity contribution in [3.63, 3.8) is 0 Å². The molecular formula is C10H12N2O2. The molecule has 0 saturated carbocycles. The topological polar surface area (TPSA) is 60.3 Å². The van der Waals surface area contributed by atoms with Crippen molar-refractivity contribution in [3.8, 4) is 0 Å². The van der Waals surface area contributed by atoms with Crippen LogP contribution < -0.4 is 10.6 Å². The Hall–Kier alpha value is -1.55. The molecular weight excluding hydrogens is 180 g/mol. The van der Waals surface area contributed by atoms with Gasteiger partial charge in [-0.3, -0.25) is 5.32 Å². The van der Waals surface area contributed by atoms with Gasteiger partial charge in [-0.25, -0.2) is 4.79 Å². The van der Waals surface area contributed by atoms with E-state index >= 15 is 0 Å². The minimum atomic E-state index is -0.371. The van der Waals surface area contributed by atoms with Crippen molar-refractivity contribution in [1.82, 2.24) is 10.6 Å². The van der Waals surface area contributed by atoms with Crippen LogP contribution in [0.15, 0.2) is 30.3 Å². The van der Waals surface area contributed by atoms with Crippen molar-refractivity contribution in [2.45, 2.75) is 12.8 Å². The van der Waals surface area contributed by atoms with Crippen LogP contribution in [0.4, 0.5) is 4.79 Å². The highest BCUT2D eigenvalue weighted by molar-refractivity contribution is 5.67. The molecule has 0 radical (unpaired) electrons. The smallest absolute Gasteiger partial charge is 0.408 e. The number of alkyl carbamates (subject to hydrolysis) is 1. The normalized spacial score (nSPS) is 18.7. The third kappa shape index (κ3) is 2.74. The summed E-state index contributed by atoms with van der Waals surface area (Å²) in [6.07, 6.45) is -0.262. The van der Waals surface area contributed by atoms with Crippen LogP contribution in [0, 0.1) is 0 Å². The fraction of sp³-hybridized carbons (Fsp3) is 0.300. The number of carbonyl (C=O) groups is 1. The third-order valence-corrected chi connectivity index (χ3v) is 1.91. The summed E-state index contributed by atoms with van der Waals surface area (Å²) >= 11 is 0. The van der Waals surface area contributed by atoms with E-state index in [0.717, 1.165) is 12.1 Å². The Kier molecular flexibility index (Phi) is 2.65. The van der Waals surface area contributed by atoms with E-state index in [1.54, 1.807) is 0 Å². The van der Waals surface area contributed by atoms with E-state index in [0.29, 0.717) is 6.61 Å². The molecule has 1 aliphatic rings. The monoisotopic (exact) mass is 192 g/mol. The molecule has 1 unspecified atom stereocenters. The van der Waals surface area contributed by atoms with Crippen LogP contribution in [0.3, 0.4) is 0 Å². The molecule has 14 heavy (non-hydrogen) atoms. The first-order valence-corrected chi connectivity index (χ1v) is 4.55. The Bertz CT molecular complexity index is 309. The minimum Gasteiger partial charge on any atom is -0.445 e. The lowest BCUT2D eigenvalue weighted by Crippen LogP contribution is -2.28. The molecule has 1 aromatic rings. The van der Waals surface area contributed by atoms with Gasteiger partial charge in [-0.15, -0.1) is 0 Å². The maximum Gasteiger partial charge on any atom is 0.408 e. The van der Waals surface area contributed by atoms with Gasteiger partial charge in [-0.2, -0.15) is 0 Å². The second-order valence-corrected chi connectivity index (χ2v) is 3.17. The van der Waals surface area contributed by atoms with Crippen molar-refractivity contribution in [2.24, 2.45) is 0 Å². The van der Waals surface area contributed by atoms with Gasteiger partial charge in [0.15, 0.2) is 0 Å². The van der Waals surface area contributed by atoms with E-state index in [-0.39, 0.29) is 12.3 Å². The van der Waals surface area contributed by atoms with Crippen molar-refractivity contribution in [3.05, 3.63) is 35.9 Å². The van der Waals surface area contributed by atoms with Gasteiger partial charge >= 0.3 is 6.09 Å².